The summed E-state index contributed by atoms with van der Waals surface area (Å²) in [5, 5.41) is 0.681. The summed E-state index contributed by atoms with van der Waals surface area (Å²) in [5.41, 5.74) is 1.16. The van der Waals surface area contributed by atoms with Crippen LogP contribution in [0.4, 0.5) is 0 Å². The van der Waals surface area contributed by atoms with Crippen molar-refractivity contribution in [3.05, 3.63) is 34.9 Å². The number of amides is 1. The second-order valence-corrected chi connectivity index (χ2v) is 8.52. The van der Waals surface area contributed by atoms with Gasteiger partial charge < -0.3 is 4.90 Å². The van der Waals surface area contributed by atoms with E-state index in [2.05, 4.69) is 0 Å². The van der Waals surface area contributed by atoms with Gasteiger partial charge in [0, 0.05) is 24.2 Å². The van der Waals surface area contributed by atoms with E-state index in [0.29, 0.717) is 10.4 Å². The Hall–Kier alpha value is -1.02. The molecule has 0 saturated heterocycles. The summed E-state index contributed by atoms with van der Waals surface area (Å²) in [6, 6.07) is 7.27. The van der Waals surface area contributed by atoms with Gasteiger partial charge in [-0.05, 0) is 86.0 Å². The van der Waals surface area contributed by atoms with Gasteiger partial charge >= 0.3 is 0 Å². The van der Waals surface area contributed by atoms with E-state index in [-0.39, 0.29) is 5.91 Å². The molecular weight excluding hydrogens is 294 g/mol. The van der Waals surface area contributed by atoms with Crippen LogP contribution in [-0.4, -0.2) is 24.4 Å². The largest absolute Gasteiger partial charge is 0.341 e. The van der Waals surface area contributed by atoms with Gasteiger partial charge in [-0.3, -0.25) is 4.79 Å². The Labute approximate surface area is 137 Å². The third-order valence-corrected chi connectivity index (χ3v) is 6.43. The van der Waals surface area contributed by atoms with Crippen LogP contribution in [0.1, 0.15) is 48.9 Å². The first-order chi connectivity index (χ1) is 10.5. The molecule has 118 valence electrons. The molecule has 1 aromatic carbocycles. The Morgan fingerprint density at radius 2 is 1.59 bits per heavy atom. The molecule has 22 heavy (non-hydrogen) atoms. The van der Waals surface area contributed by atoms with E-state index in [9.17, 15) is 4.79 Å². The number of carbonyl (C=O) groups is 1. The molecule has 0 N–H and O–H groups in total. The molecule has 2 nitrogen and oxygen atoms in total. The lowest BCUT2D eigenvalue weighted by molar-refractivity contribution is -0.0629. The zero-order chi connectivity index (χ0) is 15.3. The molecule has 4 fully saturated rings. The molecule has 1 amide bonds. The van der Waals surface area contributed by atoms with E-state index in [1.807, 2.05) is 24.1 Å². The highest BCUT2D eigenvalue weighted by atomic mass is 35.5. The average molecular weight is 318 g/mol. The van der Waals surface area contributed by atoms with Crippen molar-refractivity contribution in [3.63, 3.8) is 0 Å². The zero-order valence-electron chi connectivity index (χ0n) is 13.2. The Kier molecular flexibility index (Phi) is 3.48. The van der Waals surface area contributed by atoms with Crippen LogP contribution in [-0.2, 0) is 0 Å². The molecule has 4 aliphatic rings. The molecule has 0 unspecified atom stereocenters. The molecule has 4 bridgehead atoms. The summed E-state index contributed by atoms with van der Waals surface area (Å²) < 4.78 is 0. The van der Waals surface area contributed by atoms with Gasteiger partial charge in [-0.15, -0.1) is 0 Å². The van der Waals surface area contributed by atoms with Crippen LogP contribution >= 0.6 is 11.6 Å². The SMILES string of the molecule is CN(CC12CC3CC(CC(C3)C1)C2)C(=O)c1ccc(Cl)cc1. The minimum Gasteiger partial charge on any atom is -0.341 e. The van der Waals surface area contributed by atoms with Gasteiger partial charge in [-0.2, -0.15) is 0 Å². The highest BCUT2D eigenvalue weighted by Crippen LogP contribution is 2.60. The Balaban J connectivity index is 1.48. The van der Waals surface area contributed by atoms with E-state index >= 15 is 0 Å². The number of hydrogen-bond acceptors (Lipinski definition) is 1. The Bertz CT molecular complexity index is 544. The predicted octanol–water partition coefficient (Wildman–Crippen LogP) is 4.63. The molecule has 5 rings (SSSR count). The van der Waals surface area contributed by atoms with Crippen molar-refractivity contribution in [2.75, 3.05) is 13.6 Å². The van der Waals surface area contributed by atoms with Crippen molar-refractivity contribution in [1.29, 1.82) is 0 Å². The minimum atomic E-state index is 0.132. The first-order valence-electron chi connectivity index (χ1n) is 8.54. The molecule has 0 atom stereocenters. The lowest BCUT2D eigenvalue weighted by atomic mass is 9.49. The summed E-state index contributed by atoms with van der Waals surface area (Å²) in [7, 11) is 1.97. The molecule has 0 aliphatic heterocycles. The normalized spacial score (nSPS) is 35.6. The highest BCUT2D eigenvalue weighted by molar-refractivity contribution is 6.30. The van der Waals surface area contributed by atoms with E-state index in [0.717, 1.165) is 29.9 Å². The third-order valence-electron chi connectivity index (χ3n) is 6.18. The van der Waals surface area contributed by atoms with Crippen LogP contribution < -0.4 is 0 Å². The Morgan fingerprint density at radius 1 is 1.09 bits per heavy atom. The van der Waals surface area contributed by atoms with E-state index < -0.39 is 0 Å². The van der Waals surface area contributed by atoms with Crippen molar-refractivity contribution in [2.45, 2.75) is 38.5 Å². The van der Waals surface area contributed by atoms with Crippen LogP contribution in [0.2, 0.25) is 5.02 Å². The summed E-state index contributed by atoms with van der Waals surface area (Å²) in [6.45, 7) is 0.929. The molecule has 0 heterocycles. The lowest BCUT2D eigenvalue weighted by Crippen LogP contribution is -2.51. The minimum absolute atomic E-state index is 0.132. The van der Waals surface area contributed by atoms with Crippen molar-refractivity contribution in [1.82, 2.24) is 4.90 Å². The summed E-state index contributed by atoms with van der Waals surface area (Å²) in [4.78, 5) is 14.6. The van der Waals surface area contributed by atoms with Gasteiger partial charge in [0.25, 0.3) is 5.91 Å². The number of benzene rings is 1. The maximum absolute atomic E-state index is 12.7. The zero-order valence-corrected chi connectivity index (χ0v) is 14.0. The standard InChI is InChI=1S/C19H24ClNO/c1-21(18(22)16-2-4-17(20)5-3-16)12-19-9-13-6-14(10-19)8-15(7-13)11-19/h2-5,13-15H,6-12H2,1H3. The maximum atomic E-state index is 12.7. The van der Waals surface area contributed by atoms with Crippen LogP contribution in [0.5, 0.6) is 0 Å². The molecular formula is C19H24ClNO. The van der Waals surface area contributed by atoms with Crippen molar-refractivity contribution in [3.8, 4) is 0 Å². The monoisotopic (exact) mass is 317 g/mol. The first-order valence-corrected chi connectivity index (χ1v) is 8.92. The molecule has 0 spiro atoms. The molecule has 0 radical (unpaired) electrons. The summed E-state index contributed by atoms with van der Waals surface area (Å²) in [5.74, 6) is 2.94. The molecule has 0 aromatic heterocycles. The molecule has 1 aromatic rings. The van der Waals surface area contributed by atoms with Crippen LogP contribution in [0.25, 0.3) is 0 Å². The van der Waals surface area contributed by atoms with E-state index in [1.165, 1.54) is 38.5 Å². The van der Waals surface area contributed by atoms with Gasteiger partial charge in [0.05, 0.1) is 0 Å². The van der Waals surface area contributed by atoms with Crippen molar-refractivity contribution in [2.24, 2.45) is 23.2 Å². The lowest BCUT2D eigenvalue weighted by Gasteiger charge is -2.57. The fraction of sp³-hybridized carbons (Fsp3) is 0.632. The molecule has 4 saturated carbocycles. The summed E-state index contributed by atoms with van der Waals surface area (Å²) >= 11 is 5.92. The van der Waals surface area contributed by atoms with Gasteiger partial charge in [0.1, 0.15) is 0 Å². The van der Waals surface area contributed by atoms with Crippen LogP contribution in [0.15, 0.2) is 24.3 Å². The van der Waals surface area contributed by atoms with Crippen LogP contribution in [0, 0.1) is 23.2 Å². The second-order valence-electron chi connectivity index (χ2n) is 8.09. The van der Waals surface area contributed by atoms with Crippen molar-refractivity contribution >= 4 is 17.5 Å². The fourth-order valence-electron chi connectivity index (χ4n) is 5.87. The van der Waals surface area contributed by atoms with Gasteiger partial charge in [-0.1, -0.05) is 11.6 Å². The van der Waals surface area contributed by atoms with Gasteiger partial charge in [-0.25, -0.2) is 0 Å². The maximum Gasteiger partial charge on any atom is 0.253 e. The molecule has 3 heteroatoms. The predicted molar refractivity (Wildman–Crippen MR) is 89.0 cm³/mol. The first kappa shape index (κ1) is 14.6. The Morgan fingerprint density at radius 3 is 2.09 bits per heavy atom. The number of nitrogens with zero attached hydrogens (tertiary/aromatic N) is 1. The van der Waals surface area contributed by atoms with E-state index in [1.54, 1.807) is 12.1 Å². The van der Waals surface area contributed by atoms with Crippen LogP contribution in [0.3, 0.4) is 0 Å². The third kappa shape index (κ3) is 2.56. The van der Waals surface area contributed by atoms with E-state index in [4.69, 9.17) is 11.6 Å². The number of carbonyl (C=O) groups excluding carboxylic acids is 1. The smallest absolute Gasteiger partial charge is 0.253 e. The topological polar surface area (TPSA) is 20.3 Å². The quantitative estimate of drug-likeness (QED) is 0.796. The number of hydrogen-bond donors (Lipinski definition) is 0. The number of halogens is 1. The average Bonchev–Trinajstić information content (AvgIpc) is 2.45. The highest BCUT2D eigenvalue weighted by Gasteiger charge is 2.51. The van der Waals surface area contributed by atoms with Crippen molar-refractivity contribution < 1.29 is 4.79 Å². The fourth-order valence-corrected chi connectivity index (χ4v) is 6.00. The molecule has 4 aliphatic carbocycles. The second kappa shape index (κ2) is 5.26. The number of rotatable bonds is 3. The summed E-state index contributed by atoms with van der Waals surface area (Å²) in [6.07, 6.45) is 8.39. The van der Waals surface area contributed by atoms with Gasteiger partial charge in [0.2, 0.25) is 0 Å². The van der Waals surface area contributed by atoms with Gasteiger partial charge in [0.15, 0.2) is 0 Å².